The molecule has 2 aromatic carbocycles. The van der Waals surface area contributed by atoms with Crippen LogP contribution in [-0.2, 0) is 0 Å². The van der Waals surface area contributed by atoms with Gasteiger partial charge < -0.3 is 15.0 Å². The lowest BCUT2D eigenvalue weighted by molar-refractivity contribution is 0.0674. The molecule has 0 aliphatic carbocycles. The zero-order chi connectivity index (χ0) is 27.7. The first kappa shape index (κ1) is 27.1. The van der Waals surface area contributed by atoms with Gasteiger partial charge in [-0.3, -0.25) is 14.9 Å². The summed E-state index contributed by atoms with van der Waals surface area (Å²) in [6, 6.07) is 12.4. The Morgan fingerprint density at radius 2 is 1.72 bits per heavy atom. The molecule has 39 heavy (non-hydrogen) atoms. The molecule has 3 heterocycles. The van der Waals surface area contributed by atoms with E-state index in [2.05, 4.69) is 34.3 Å². The highest BCUT2D eigenvalue weighted by Crippen LogP contribution is 2.34. The summed E-state index contributed by atoms with van der Waals surface area (Å²) >= 11 is 12.5. The topological polar surface area (TPSA) is 83.1 Å². The van der Waals surface area contributed by atoms with E-state index in [4.69, 9.17) is 27.9 Å². The lowest BCUT2D eigenvalue weighted by Gasteiger charge is -2.36. The van der Waals surface area contributed by atoms with Crippen molar-refractivity contribution in [1.29, 1.82) is 0 Å². The van der Waals surface area contributed by atoms with Crippen LogP contribution in [0.15, 0.2) is 54.9 Å². The van der Waals surface area contributed by atoms with Crippen LogP contribution in [0.5, 0.6) is 5.75 Å². The average molecular weight is 568 g/mol. The molecular weight excluding hydrogens is 540 g/mol. The number of hydrogen-bond acceptors (Lipinski definition) is 5. The SMILES string of the molecule is C[C@@H]1CN(C(=O)c2ccc(/C(F)=C/c3[nH]nc4ccc(O[C@H](C)c5c(Cl)cncc5Cl)cc34)cc2)C[C@H](C)N1. The number of fused-ring (bicyclic) bond motifs is 1. The van der Waals surface area contributed by atoms with Gasteiger partial charge in [0.1, 0.15) is 17.7 Å². The van der Waals surface area contributed by atoms with Crippen molar-refractivity contribution >= 4 is 51.9 Å². The third-order valence-electron chi connectivity index (χ3n) is 6.69. The van der Waals surface area contributed by atoms with Crippen molar-refractivity contribution in [2.45, 2.75) is 39.0 Å². The summed E-state index contributed by atoms with van der Waals surface area (Å²) in [5, 5.41) is 12.1. The maximum Gasteiger partial charge on any atom is 0.253 e. The molecule has 10 heteroatoms. The van der Waals surface area contributed by atoms with Gasteiger partial charge in [-0.25, -0.2) is 4.39 Å². The highest BCUT2D eigenvalue weighted by molar-refractivity contribution is 6.35. The van der Waals surface area contributed by atoms with E-state index in [0.717, 1.165) is 0 Å². The van der Waals surface area contributed by atoms with Gasteiger partial charge in [0, 0.05) is 65.7 Å². The molecular formula is C29H28Cl2FN5O2. The van der Waals surface area contributed by atoms with Crippen LogP contribution in [0.1, 0.15) is 54.1 Å². The van der Waals surface area contributed by atoms with Gasteiger partial charge in [0.15, 0.2) is 0 Å². The first-order valence-electron chi connectivity index (χ1n) is 12.7. The molecule has 0 radical (unpaired) electrons. The Morgan fingerprint density at radius 1 is 1.08 bits per heavy atom. The molecule has 0 unspecified atom stereocenters. The number of aromatic nitrogens is 3. The maximum atomic E-state index is 15.3. The van der Waals surface area contributed by atoms with Gasteiger partial charge in [0.25, 0.3) is 5.91 Å². The van der Waals surface area contributed by atoms with Crippen LogP contribution in [0.25, 0.3) is 22.8 Å². The molecule has 2 N–H and O–H groups in total. The number of halogens is 3. The van der Waals surface area contributed by atoms with Crippen molar-refractivity contribution in [3.05, 3.63) is 87.3 Å². The summed E-state index contributed by atoms with van der Waals surface area (Å²) in [6.07, 6.45) is 3.97. The fourth-order valence-corrected chi connectivity index (χ4v) is 5.59. The zero-order valence-corrected chi connectivity index (χ0v) is 23.2. The van der Waals surface area contributed by atoms with Crippen molar-refractivity contribution < 1.29 is 13.9 Å². The first-order valence-corrected chi connectivity index (χ1v) is 13.4. The van der Waals surface area contributed by atoms with Crippen molar-refractivity contribution in [3.63, 3.8) is 0 Å². The van der Waals surface area contributed by atoms with E-state index >= 15 is 4.39 Å². The van der Waals surface area contributed by atoms with Gasteiger partial charge >= 0.3 is 0 Å². The van der Waals surface area contributed by atoms with Crippen LogP contribution in [0.3, 0.4) is 0 Å². The predicted molar refractivity (Wildman–Crippen MR) is 153 cm³/mol. The summed E-state index contributed by atoms with van der Waals surface area (Å²) in [4.78, 5) is 18.8. The number of rotatable bonds is 6. The van der Waals surface area contributed by atoms with Gasteiger partial charge in [-0.15, -0.1) is 0 Å². The van der Waals surface area contributed by atoms with Crippen molar-refractivity contribution in [2.75, 3.05) is 13.1 Å². The number of piperazine rings is 1. The second-order valence-corrected chi connectivity index (χ2v) is 10.7. The second-order valence-electron chi connectivity index (χ2n) is 9.84. The Bertz CT molecular complexity index is 1510. The summed E-state index contributed by atoms with van der Waals surface area (Å²) in [5.41, 5.74) is 2.68. The number of hydrogen-bond donors (Lipinski definition) is 2. The van der Waals surface area contributed by atoms with Crippen molar-refractivity contribution in [2.24, 2.45) is 0 Å². The third kappa shape index (κ3) is 5.93. The largest absolute Gasteiger partial charge is 0.486 e. The summed E-state index contributed by atoms with van der Waals surface area (Å²) < 4.78 is 21.4. The van der Waals surface area contributed by atoms with Crippen LogP contribution in [-0.4, -0.2) is 51.2 Å². The molecule has 2 aromatic heterocycles. The van der Waals surface area contributed by atoms with E-state index in [9.17, 15) is 4.79 Å². The molecule has 1 saturated heterocycles. The van der Waals surface area contributed by atoms with E-state index in [-0.39, 0.29) is 18.0 Å². The van der Waals surface area contributed by atoms with E-state index in [1.54, 1.807) is 42.5 Å². The highest BCUT2D eigenvalue weighted by Gasteiger charge is 2.25. The minimum atomic E-state index is -0.459. The van der Waals surface area contributed by atoms with E-state index in [0.29, 0.717) is 62.2 Å². The van der Waals surface area contributed by atoms with Crippen molar-refractivity contribution in [1.82, 2.24) is 25.4 Å². The molecule has 0 spiro atoms. The maximum absolute atomic E-state index is 15.3. The van der Waals surface area contributed by atoms with Gasteiger partial charge in [0.05, 0.1) is 21.3 Å². The molecule has 4 aromatic rings. The Labute approximate surface area is 236 Å². The van der Waals surface area contributed by atoms with Crippen LogP contribution >= 0.6 is 23.2 Å². The number of nitrogens with zero attached hydrogens (tertiary/aromatic N) is 3. The van der Waals surface area contributed by atoms with E-state index in [1.165, 1.54) is 18.5 Å². The van der Waals surface area contributed by atoms with E-state index < -0.39 is 11.9 Å². The average Bonchev–Trinajstić information content (AvgIpc) is 3.29. The van der Waals surface area contributed by atoms with Gasteiger partial charge in [-0.05, 0) is 51.1 Å². The standard InChI is InChI=1S/C29H28Cl2FN5O2/c1-16-14-37(15-17(2)34-16)29(38)20-6-4-19(5-7-20)25(32)11-27-22-10-21(8-9-26(22)35-36-27)39-18(3)28-23(30)12-33-13-24(28)31/h4-13,16-18,34H,14-15H2,1-3H3,(H,35,36)/b25-11-/t16-,17+,18-/m1/s1. The first-order chi connectivity index (χ1) is 18.7. The number of H-pyrrole nitrogens is 1. The lowest BCUT2D eigenvalue weighted by Crippen LogP contribution is -2.55. The zero-order valence-electron chi connectivity index (χ0n) is 21.7. The minimum absolute atomic E-state index is 0.0539. The van der Waals surface area contributed by atoms with Crippen molar-refractivity contribution in [3.8, 4) is 5.75 Å². The number of benzene rings is 2. The smallest absolute Gasteiger partial charge is 0.253 e. The molecule has 5 rings (SSSR count). The van der Waals surface area contributed by atoms with Gasteiger partial charge in [-0.2, -0.15) is 5.10 Å². The summed E-state index contributed by atoms with van der Waals surface area (Å²) in [5.74, 6) is 0.0376. The monoisotopic (exact) mass is 567 g/mol. The van der Waals surface area contributed by atoms with Crippen LogP contribution < -0.4 is 10.1 Å². The highest BCUT2D eigenvalue weighted by atomic mass is 35.5. The fraction of sp³-hybridized carbons (Fsp3) is 0.276. The molecule has 0 saturated carbocycles. The summed E-state index contributed by atoms with van der Waals surface area (Å²) in [7, 11) is 0. The number of ether oxygens (including phenoxy) is 1. The quantitative estimate of drug-likeness (QED) is 0.271. The van der Waals surface area contributed by atoms with Gasteiger partial charge in [-0.1, -0.05) is 35.3 Å². The van der Waals surface area contributed by atoms with Gasteiger partial charge in [0.2, 0.25) is 0 Å². The molecule has 1 fully saturated rings. The normalized spacial score (nSPS) is 18.8. The molecule has 0 bridgehead atoms. The Hall–Kier alpha value is -3.46. The number of carbonyl (C=O) groups excluding carboxylic acids is 1. The Balaban J connectivity index is 1.34. The Morgan fingerprint density at radius 3 is 2.38 bits per heavy atom. The number of carbonyl (C=O) groups is 1. The molecule has 7 nitrogen and oxygen atoms in total. The Kier molecular flexibility index (Phi) is 7.88. The minimum Gasteiger partial charge on any atom is -0.486 e. The molecule has 1 aliphatic rings. The number of nitrogens with one attached hydrogen (secondary N) is 2. The lowest BCUT2D eigenvalue weighted by atomic mass is 10.1. The molecule has 3 atom stereocenters. The molecule has 1 aliphatic heterocycles. The fourth-order valence-electron chi connectivity index (χ4n) is 4.92. The number of amides is 1. The molecule has 202 valence electrons. The molecule has 1 amide bonds. The summed E-state index contributed by atoms with van der Waals surface area (Å²) in [6.45, 7) is 7.23. The third-order valence-corrected chi connectivity index (χ3v) is 7.29. The van der Waals surface area contributed by atoms with E-state index in [1.807, 2.05) is 11.8 Å². The number of pyridine rings is 1. The van der Waals surface area contributed by atoms with Crippen LogP contribution in [0, 0.1) is 0 Å². The van der Waals surface area contributed by atoms with Crippen LogP contribution in [0.4, 0.5) is 4.39 Å². The second kappa shape index (κ2) is 11.3. The van der Waals surface area contributed by atoms with Crippen LogP contribution in [0.2, 0.25) is 10.0 Å². The predicted octanol–water partition coefficient (Wildman–Crippen LogP) is 6.69. The number of aromatic amines is 1.